The number of aromatic amines is 1. The topological polar surface area (TPSA) is 135 Å². The molecule has 1 aromatic carbocycles. The molecular weight excluding hydrogens is 432 g/mol. The molecule has 154 valence electrons. The lowest BCUT2D eigenvalue weighted by atomic mass is 10.1. The van der Waals surface area contributed by atoms with Crippen molar-refractivity contribution in [3.05, 3.63) is 56.4 Å². The number of fused-ring (bicyclic) bond motifs is 1. The normalized spacial score (nSPS) is 11.7. The van der Waals surface area contributed by atoms with Crippen molar-refractivity contribution in [2.24, 2.45) is 5.14 Å². The van der Waals surface area contributed by atoms with Gasteiger partial charge in [0.15, 0.2) is 0 Å². The predicted molar refractivity (Wildman–Crippen MR) is 116 cm³/mol. The SMILES string of the molecule is CSCc1nc2sc(C(=O)NCCc3ccc(S(N)(=O)=O)cc3)c(C)c2c(=O)[nH]1. The van der Waals surface area contributed by atoms with Crippen LogP contribution >= 0.6 is 23.1 Å². The number of rotatable bonds is 7. The number of aryl methyl sites for hydroxylation is 1. The van der Waals surface area contributed by atoms with Crippen LogP contribution in [0.5, 0.6) is 0 Å². The first kappa shape index (κ1) is 21.5. The Morgan fingerprint density at radius 1 is 1.31 bits per heavy atom. The molecule has 0 atom stereocenters. The molecular formula is C18H20N4O4S3. The van der Waals surface area contributed by atoms with Gasteiger partial charge in [0, 0.05) is 6.54 Å². The van der Waals surface area contributed by atoms with E-state index in [0.717, 1.165) is 5.56 Å². The zero-order valence-corrected chi connectivity index (χ0v) is 18.3. The third-order valence-corrected chi connectivity index (χ3v) is 6.96. The highest BCUT2D eigenvalue weighted by molar-refractivity contribution is 7.97. The number of amides is 1. The third kappa shape index (κ3) is 4.86. The third-order valence-electron chi connectivity index (χ3n) is 4.29. The fourth-order valence-electron chi connectivity index (χ4n) is 2.86. The molecule has 1 amide bonds. The van der Waals surface area contributed by atoms with E-state index in [1.165, 1.54) is 23.5 Å². The molecule has 0 bridgehead atoms. The van der Waals surface area contributed by atoms with E-state index in [1.807, 2.05) is 6.26 Å². The van der Waals surface area contributed by atoms with E-state index in [1.54, 1.807) is 30.8 Å². The minimum absolute atomic E-state index is 0.0461. The molecule has 29 heavy (non-hydrogen) atoms. The molecule has 0 aliphatic heterocycles. The second-order valence-electron chi connectivity index (χ2n) is 6.38. The zero-order chi connectivity index (χ0) is 21.2. The van der Waals surface area contributed by atoms with Crippen LogP contribution in [0, 0.1) is 6.92 Å². The van der Waals surface area contributed by atoms with E-state index >= 15 is 0 Å². The van der Waals surface area contributed by atoms with E-state index in [2.05, 4.69) is 15.3 Å². The number of thiophene rings is 1. The lowest BCUT2D eigenvalue weighted by Gasteiger charge is -2.05. The summed E-state index contributed by atoms with van der Waals surface area (Å²) in [6.07, 6.45) is 2.45. The number of carbonyl (C=O) groups excluding carboxylic acids is 1. The number of nitrogens with one attached hydrogen (secondary N) is 2. The maximum atomic E-state index is 12.6. The highest BCUT2D eigenvalue weighted by Crippen LogP contribution is 2.27. The van der Waals surface area contributed by atoms with Gasteiger partial charge in [-0.2, -0.15) is 11.8 Å². The molecule has 3 rings (SSSR count). The molecule has 0 fully saturated rings. The number of nitrogens with two attached hydrogens (primary N) is 1. The van der Waals surface area contributed by atoms with Crippen molar-refractivity contribution < 1.29 is 13.2 Å². The Morgan fingerprint density at radius 2 is 2.00 bits per heavy atom. The Balaban J connectivity index is 1.71. The Bertz CT molecular complexity index is 1210. The quantitative estimate of drug-likeness (QED) is 0.500. The van der Waals surface area contributed by atoms with Gasteiger partial charge >= 0.3 is 0 Å². The number of aromatic nitrogens is 2. The van der Waals surface area contributed by atoms with Crippen LogP contribution in [0.3, 0.4) is 0 Å². The van der Waals surface area contributed by atoms with E-state index in [4.69, 9.17) is 5.14 Å². The Hall–Kier alpha value is -2.21. The average Bonchev–Trinajstić information content (AvgIpc) is 2.98. The number of nitrogens with zero attached hydrogens (tertiary/aromatic N) is 1. The van der Waals surface area contributed by atoms with Gasteiger partial charge in [-0.15, -0.1) is 11.3 Å². The van der Waals surface area contributed by atoms with Crippen LogP contribution in [0.15, 0.2) is 34.0 Å². The van der Waals surface area contributed by atoms with Gasteiger partial charge in [-0.1, -0.05) is 12.1 Å². The second-order valence-corrected chi connectivity index (χ2v) is 9.80. The molecule has 2 aromatic heterocycles. The van der Waals surface area contributed by atoms with Crippen molar-refractivity contribution >= 4 is 49.2 Å². The highest BCUT2D eigenvalue weighted by Gasteiger charge is 2.19. The van der Waals surface area contributed by atoms with Crippen LogP contribution in [-0.2, 0) is 22.2 Å². The predicted octanol–water partition coefficient (Wildman–Crippen LogP) is 1.78. The number of sulfonamides is 1. The maximum absolute atomic E-state index is 12.6. The van der Waals surface area contributed by atoms with Gasteiger partial charge in [0.25, 0.3) is 11.5 Å². The van der Waals surface area contributed by atoms with Crippen LogP contribution in [0.4, 0.5) is 0 Å². The number of carbonyl (C=O) groups is 1. The fraction of sp³-hybridized carbons (Fsp3) is 0.278. The van der Waals surface area contributed by atoms with Crippen molar-refractivity contribution in [1.82, 2.24) is 15.3 Å². The van der Waals surface area contributed by atoms with Crippen molar-refractivity contribution in [2.75, 3.05) is 12.8 Å². The summed E-state index contributed by atoms with van der Waals surface area (Å²) in [5.41, 5.74) is 1.25. The number of thioether (sulfide) groups is 1. The molecule has 3 aromatic rings. The summed E-state index contributed by atoms with van der Waals surface area (Å²) in [4.78, 5) is 33.2. The number of hydrogen-bond acceptors (Lipinski definition) is 7. The minimum atomic E-state index is -3.72. The minimum Gasteiger partial charge on any atom is -0.351 e. The van der Waals surface area contributed by atoms with E-state index < -0.39 is 10.0 Å². The number of hydrogen-bond donors (Lipinski definition) is 3. The molecule has 4 N–H and O–H groups in total. The molecule has 8 nitrogen and oxygen atoms in total. The second kappa shape index (κ2) is 8.66. The zero-order valence-electron chi connectivity index (χ0n) is 15.8. The Labute approximate surface area is 176 Å². The van der Waals surface area contributed by atoms with Crippen molar-refractivity contribution in [3.63, 3.8) is 0 Å². The largest absolute Gasteiger partial charge is 0.351 e. The van der Waals surface area contributed by atoms with Gasteiger partial charge in [-0.05, 0) is 42.9 Å². The van der Waals surface area contributed by atoms with Crippen molar-refractivity contribution in [1.29, 1.82) is 0 Å². The molecule has 11 heteroatoms. The van der Waals surface area contributed by atoms with Gasteiger partial charge in [-0.3, -0.25) is 9.59 Å². The molecule has 0 unspecified atom stereocenters. The van der Waals surface area contributed by atoms with Crippen LogP contribution in [-0.4, -0.2) is 37.1 Å². The molecule has 2 heterocycles. The van der Waals surface area contributed by atoms with Gasteiger partial charge in [0.05, 0.1) is 20.9 Å². The van der Waals surface area contributed by atoms with Gasteiger partial charge in [0.2, 0.25) is 10.0 Å². The molecule has 0 spiro atoms. The fourth-order valence-corrected chi connectivity index (χ4v) is 4.90. The van der Waals surface area contributed by atoms with E-state index in [-0.39, 0.29) is 16.4 Å². The van der Waals surface area contributed by atoms with Gasteiger partial charge in [0.1, 0.15) is 10.7 Å². The molecule has 0 saturated heterocycles. The smallest absolute Gasteiger partial charge is 0.261 e. The number of H-pyrrole nitrogens is 1. The van der Waals surface area contributed by atoms with Crippen LogP contribution in [0.1, 0.15) is 26.6 Å². The summed E-state index contributed by atoms with van der Waals surface area (Å²) < 4.78 is 22.6. The van der Waals surface area contributed by atoms with E-state index in [9.17, 15) is 18.0 Å². The standard InChI is InChI=1S/C18H20N4O4S3/c1-10-14-16(23)21-13(9-27-2)22-18(14)28-15(10)17(24)20-8-7-11-3-5-12(6-4-11)29(19,25)26/h3-6H,7-9H2,1-2H3,(H,20,24)(H2,19,25,26)(H,21,22,23). The molecule has 0 radical (unpaired) electrons. The van der Waals surface area contributed by atoms with Gasteiger partial charge < -0.3 is 10.3 Å². The number of benzene rings is 1. The lowest BCUT2D eigenvalue weighted by Crippen LogP contribution is -2.25. The summed E-state index contributed by atoms with van der Waals surface area (Å²) in [7, 11) is -3.72. The summed E-state index contributed by atoms with van der Waals surface area (Å²) in [5.74, 6) is 0.914. The van der Waals surface area contributed by atoms with Crippen molar-refractivity contribution in [3.8, 4) is 0 Å². The summed E-state index contributed by atoms with van der Waals surface area (Å²) in [6, 6.07) is 6.19. The average molecular weight is 453 g/mol. The molecule has 0 aliphatic rings. The first-order chi connectivity index (χ1) is 13.7. The van der Waals surface area contributed by atoms with Gasteiger partial charge in [-0.25, -0.2) is 18.5 Å². The van der Waals surface area contributed by atoms with Crippen molar-refractivity contribution in [2.45, 2.75) is 24.0 Å². The highest BCUT2D eigenvalue weighted by atomic mass is 32.2. The number of primary sulfonamides is 1. The summed E-state index contributed by atoms with van der Waals surface area (Å²) in [6.45, 7) is 2.10. The van der Waals surface area contributed by atoms with Crippen LogP contribution in [0.2, 0.25) is 0 Å². The first-order valence-corrected chi connectivity index (χ1v) is 12.4. The summed E-state index contributed by atoms with van der Waals surface area (Å²) in [5, 5.41) is 8.36. The maximum Gasteiger partial charge on any atom is 0.261 e. The van der Waals surface area contributed by atoms with Crippen LogP contribution < -0.4 is 16.0 Å². The first-order valence-electron chi connectivity index (χ1n) is 8.62. The van der Waals surface area contributed by atoms with E-state index in [0.29, 0.717) is 45.2 Å². The lowest BCUT2D eigenvalue weighted by molar-refractivity contribution is 0.0957. The summed E-state index contributed by atoms with van der Waals surface area (Å²) >= 11 is 2.76. The Kier molecular flexibility index (Phi) is 6.42. The molecule has 0 aliphatic carbocycles. The van der Waals surface area contributed by atoms with Crippen LogP contribution in [0.25, 0.3) is 10.2 Å². The molecule has 0 saturated carbocycles. The Morgan fingerprint density at radius 3 is 2.62 bits per heavy atom. The monoisotopic (exact) mass is 452 g/mol.